The number of amides is 1. The van der Waals surface area contributed by atoms with Crippen molar-refractivity contribution in [3.05, 3.63) is 47.8 Å². The molecular formula is C19H25N3O2. The molecule has 2 unspecified atom stereocenters. The number of aryl methyl sites for hydroxylation is 1. The first-order valence-electron chi connectivity index (χ1n) is 8.60. The summed E-state index contributed by atoms with van der Waals surface area (Å²) in [5, 5.41) is 7.26. The second kappa shape index (κ2) is 7.62. The lowest BCUT2D eigenvalue weighted by molar-refractivity contribution is -0.119. The van der Waals surface area contributed by atoms with Crippen LogP contribution in [0.4, 0.5) is 5.69 Å². The van der Waals surface area contributed by atoms with Gasteiger partial charge in [-0.3, -0.25) is 9.48 Å². The Morgan fingerprint density at radius 1 is 1.42 bits per heavy atom. The van der Waals surface area contributed by atoms with E-state index in [1.807, 2.05) is 17.8 Å². The predicted octanol–water partition coefficient (Wildman–Crippen LogP) is 3.19. The van der Waals surface area contributed by atoms with Crippen LogP contribution in [0, 0.1) is 12.8 Å². The smallest absolute Gasteiger partial charge is 0.227 e. The maximum absolute atomic E-state index is 12.4. The van der Waals surface area contributed by atoms with Crippen molar-refractivity contribution in [3.8, 4) is 0 Å². The maximum Gasteiger partial charge on any atom is 0.227 e. The highest BCUT2D eigenvalue weighted by Crippen LogP contribution is 2.16. The molecule has 0 aliphatic carbocycles. The number of ether oxygens (including phenoxy) is 1. The zero-order valence-corrected chi connectivity index (χ0v) is 14.4. The van der Waals surface area contributed by atoms with Crippen molar-refractivity contribution in [2.45, 2.75) is 45.8 Å². The molecule has 0 bridgehead atoms. The van der Waals surface area contributed by atoms with Gasteiger partial charge >= 0.3 is 0 Å². The van der Waals surface area contributed by atoms with Crippen LogP contribution in [0.5, 0.6) is 0 Å². The van der Waals surface area contributed by atoms with Crippen molar-refractivity contribution >= 4 is 11.6 Å². The van der Waals surface area contributed by atoms with Crippen LogP contribution in [0.2, 0.25) is 0 Å². The van der Waals surface area contributed by atoms with Gasteiger partial charge in [-0.2, -0.15) is 5.10 Å². The summed E-state index contributed by atoms with van der Waals surface area (Å²) in [4.78, 5) is 12.4. The van der Waals surface area contributed by atoms with Crippen molar-refractivity contribution in [2.24, 2.45) is 5.92 Å². The minimum Gasteiger partial charge on any atom is -0.376 e. The highest BCUT2D eigenvalue weighted by molar-refractivity contribution is 5.92. The summed E-state index contributed by atoms with van der Waals surface area (Å²) >= 11 is 0. The van der Waals surface area contributed by atoms with Crippen LogP contribution in [-0.4, -0.2) is 28.4 Å². The number of anilines is 1. The van der Waals surface area contributed by atoms with Crippen LogP contribution in [0.15, 0.2) is 36.7 Å². The number of nitrogens with one attached hydrogen (secondary N) is 1. The molecular weight excluding hydrogens is 302 g/mol. The van der Waals surface area contributed by atoms with Gasteiger partial charge in [0, 0.05) is 18.7 Å². The molecule has 1 aliphatic rings. The molecule has 2 atom stereocenters. The van der Waals surface area contributed by atoms with Gasteiger partial charge in [0.25, 0.3) is 0 Å². The van der Waals surface area contributed by atoms with Gasteiger partial charge in [-0.15, -0.1) is 0 Å². The van der Waals surface area contributed by atoms with E-state index in [0.29, 0.717) is 0 Å². The van der Waals surface area contributed by atoms with E-state index in [4.69, 9.17) is 4.74 Å². The third-order valence-electron chi connectivity index (χ3n) is 4.43. The molecule has 0 saturated carbocycles. The largest absolute Gasteiger partial charge is 0.376 e. The van der Waals surface area contributed by atoms with Crippen LogP contribution < -0.4 is 5.32 Å². The average Bonchev–Trinajstić information content (AvgIpc) is 3.22. The van der Waals surface area contributed by atoms with Crippen molar-refractivity contribution in [1.29, 1.82) is 0 Å². The standard InChI is InChI=1S/C19H25N3O2/c1-14-5-7-16(8-6-14)10-15(2)19(23)21-17-11-20-22(12-17)13-18-4-3-9-24-18/h5-8,11-12,15,18H,3-4,9-10,13H2,1-2H3,(H,21,23). The lowest BCUT2D eigenvalue weighted by Crippen LogP contribution is -2.22. The molecule has 1 amide bonds. The molecule has 3 rings (SSSR count). The summed E-state index contributed by atoms with van der Waals surface area (Å²) < 4.78 is 7.46. The quantitative estimate of drug-likeness (QED) is 0.886. The molecule has 2 heterocycles. The van der Waals surface area contributed by atoms with Gasteiger partial charge in [-0.25, -0.2) is 0 Å². The van der Waals surface area contributed by atoms with E-state index in [2.05, 4.69) is 41.6 Å². The first-order chi connectivity index (χ1) is 11.6. The molecule has 5 heteroatoms. The van der Waals surface area contributed by atoms with Gasteiger partial charge in [0.05, 0.1) is 24.5 Å². The van der Waals surface area contributed by atoms with E-state index < -0.39 is 0 Å². The zero-order chi connectivity index (χ0) is 16.9. The lowest BCUT2D eigenvalue weighted by Gasteiger charge is -2.11. The molecule has 1 aliphatic heterocycles. The number of aromatic nitrogens is 2. The highest BCUT2D eigenvalue weighted by atomic mass is 16.5. The topological polar surface area (TPSA) is 56.2 Å². The number of hydrogen-bond donors (Lipinski definition) is 1. The van der Waals surface area contributed by atoms with Crippen LogP contribution >= 0.6 is 0 Å². The van der Waals surface area contributed by atoms with Gasteiger partial charge in [0.2, 0.25) is 5.91 Å². The lowest BCUT2D eigenvalue weighted by atomic mass is 9.99. The summed E-state index contributed by atoms with van der Waals surface area (Å²) in [7, 11) is 0. The Kier molecular flexibility index (Phi) is 5.30. The Balaban J connectivity index is 1.52. The number of carbonyl (C=O) groups is 1. The molecule has 128 valence electrons. The molecule has 5 nitrogen and oxygen atoms in total. The first-order valence-corrected chi connectivity index (χ1v) is 8.60. The summed E-state index contributed by atoms with van der Waals surface area (Å²) in [6, 6.07) is 8.32. The molecule has 2 aromatic rings. The minimum atomic E-state index is -0.0887. The fourth-order valence-electron chi connectivity index (χ4n) is 2.96. The monoisotopic (exact) mass is 327 g/mol. The fraction of sp³-hybridized carbons (Fsp3) is 0.474. The number of rotatable bonds is 6. The molecule has 0 spiro atoms. The van der Waals surface area contributed by atoms with Crippen LogP contribution in [0.25, 0.3) is 0 Å². The number of carbonyl (C=O) groups excluding carboxylic acids is 1. The summed E-state index contributed by atoms with van der Waals surface area (Å²) in [5.41, 5.74) is 3.15. The highest BCUT2D eigenvalue weighted by Gasteiger charge is 2.18. The molecule has 1 fully saturated rings. The Hall–Kier alpha value is -2.14. The van der Waals surface area contributed by atoms with Crippen molar-refractivity contribution in [3.63, 3.8) is 0 Å². The number of nitrogens with zero attached hydrogens (tertiary/aromatic N) is 2. The van der Waals surface area contributed by atoms with Crippen LogP contribution in [-0.2, 0) is 22.5 Å². The molecule has 0 radical (unpaired) electrons. The maximum atomic E-state index is 12.4. The van der Waals surface area contributed by atoms with E-state index in [9.17, 15) is 4.79 Å². The Morgan fingerprint density at radius 3 is 2.92 bits per heavy atom. The molecule has 1 aromatic heterocycles. The van der Waals surface area contributed by atoms with Gasteiger partial charge in [0.15, 0.2) is 0 Å². The molecule has 24 heavy (non-hydrogen) atoms. The van der Waals surface area contributed by atoms with E-state index in [1.54, 1.807) is 6.20 Å². The SMILES string of the molecule is Cc1ccc(CC(C)C(=O)Nc2cnn(CC3CCCO3)c2)cc1. The third kappa shape index (κ3) is 4.45. The van der Waals surface area contributed by atoms with Crippen molar-refractivity contribution in [2.75, 3.05) is 11.9 Å². The van der Waals surface area contributed by atoms with Crippen molar-refractivity contribution < 1.29 is 9.53 Å². The fourth-order valence-corrected chi connectivity index (χ4v) is 2.96. The van der Waals surface area contributed by atoms with E-state index in [0.717, 1.165) is 38.1 Å². The molecule has 1 N–H and O–H groups in total. The predicted molar refractivity (Wildman–Crippen MR) is 93.9 cm³/mol. The first kappa shape index (κ1) is 16.7. The van der Waals surface area contributed by atoms with E-state index in [1.165, 1.54) is 11.1 Å². The van der Waals surface area contributed by atoms with Crippen molar-refractivity contribution in [1.82, 2.24) is 9.78 Å². The third-order valence-corrected chi connectivity index (χ3v) is 4.43. The Bertz CT molecular complexity index is 672. The van der Waals surface area contributed by atoms with Gasteiger partial charge < -0.3 is 10.1 Å². The Labute approximate surface area is 143 Å². The number of benzene rings is 1. The van der Waals surface area contributed by atoms with Gasteiger partial charge in [-0.1, -0.05) is 36.8 Å². The summed E-state index contributed by atoms with van der Waals surface area (Å²) in [6.45, 7) is 5.60. The van der Waals surface area contributed by atoms with Crippen LogP contribution in [0.1, 0.15) is 30.9 Å². The van der Waals surface area contributed by atoms with Gasteiger partial charge in [-0.05, 0) is 31.7 Å². The van der Waals surface area contributed by atoms with Crippen LogP contribution in [0.3, 0.4) is 0 Å². The van der Waals surface area contributed by atoms with E-state index >= 15 is 0 Å². The van der Waals surface area contributed by atoms with Gasteiger partial charge in [0.1, 0.15) is 0 Å². The summed E-state index contributed by atoms with van der Waals surface area (Å²) in [6.07, 6.45) is 6.75. The molecule has 1 aromatic carbocycles. The number of hydrogen-bond acceptors (Lipinski definition) is 3. The van der Waals surface area contributed by atoms with E-state index in [-0.39, 0.29) is 17.9 Å². The molecule has 1 saturated heterocycles. The second-order valence-electron chi connectivity index (χ2n) is 6.67. The average molecular weight is 327 g/mol. The Morgan fingerprint density at radius 2 is 2.21 bits per heavy atom. The normalized spacial score (nSPS) is 18.5. The minimum absolute atomic E-state index is 0.0206. The zero-order valence-electron chi connectivity index (χ0n) is 14.4. The second-order valence-corrected chi connectivity index (χ2v) is 6.67. The summed E-state index contributed by atoms with van der Waals surface area (Å²) in [5.74, 6) is -0.0681.